The summed E-state index contributed by atoms with van der Waals surface area (Å²) in [6.45, 7) is 6.67. The summed E-state index contributed by atoms with van der Waals surface area (Å²) < 4.78 is 0. The molecule has 4 aliphatic carbocycles. The lowest BCUT2D eigenvalue weighted by Crippen LogP contribution is -2.49. The highest BCUT2D eigenvalue weighted by atomic mass is 35.5. The molecular weight excluding hydrogens is 292 g/mol. The van der Waals surface area contributed by atoms with Crippen molar-refractivity contribution in [3.63, 3.8) is 0 Å². The van der Waals surface area contributed by atoms with Gasteiger partial charge < -0.3 is 4.98 Å². The van der Waals surface area contributed by atoms with Crippen molar-refractivity contribution in [1.29, 1.82) is 0 Å². The number of aromatic amines is 1. The Morgan fingerprint density at radius 1 is 1.09 bits per heavy atom. The molecule has 4 bridgehead atoms. The first kappa shape index (κ1) is 16.1. The summed E-state index contributed by atoms with van der Waals surface area (Å²) >= 11 is 0. The molecule has 0 saturated heterocycles. The quantitative estimate of drug-likeness (QED) is 0.759. The highest BCUT2D eigenvalue weighted by molar-refractivity contribution is 5.85. The Hall–Kier alpha value is -0.760. The molecule has 4 saturated carbocycles. The van der Waals surface area contributed by atoms with Crippen molar-refractivity contribution in [2.45, 2.75) is 71.3 Å². The minimum atomic E-state index is 0. The number of aliphatic imine (C=N–C) groups is 1. The van der Waals surface area contributed by atoms with Gasteiger partial charge >= 0.3 is 0 Å². The monoisotopic (exact) mass is 320 g/mol. The van der Waals surface area contributed by atoms with Crippen LogP contribution in [-0.2, 0) is 6.42 Å². The predicted molar refractivity (Wildman–Crippen MR) is 95.4 cm³/mol. The van der Waals surface area contributed by atoms with Gasteiger partial charge in [-0.05, 0) is 87.7 Å². The zero-order valence-electron chi connectivity index (χ0n) is 14.1. The number of halogens is 1. The van der Waals surface area contributed by atoms with Crippen LogP contribution in [-0.4, -0.2) is 16.7 Å². The molecule has 22 heavy (non-hydrogen) atoms. The molecule has 0 aromatic carbocycles. The van der Waals surface area contributed by atoms with Gasteiger partial charge in [-0.1, -0.05) is 6.92 Å². The van der Waals surface area contributed by atoms with E-state index in [4.69, 9.17) is 4.99 Å². The van der Waals surface area contributed by atoms with Crippen LogP contribution in [0.5, 0.6) is 0 Å². The molecule has 0 amide bonds. The van der Waals surface area contributed by atoms with E-state index in [9.17, 15) is 0 Å². The Bertz CT molecular complexity index is 549. The van der Waals surface area contributed by atoms with Gasteiger partial charge in [-0.2, -0.15) is 0 Å². The summed E-state index contributed by atoms with van der Waals surface area (Å²) in [7, 11) is 0. The van der Waals surface area contributed by atoms with Crippen molar-refractivity contribution in [3.8, 4) is 0 Å². The number of nitrogens with one attached hydrogen (secondary N) is 1. The van der Waals surface area contributed by atoms with Gasteiger partial charge in [0.15, 0.2) is 0 Å². The highest BCUT2D eigenvalue weighted by Gasteiger charge is 2.50. The molecule has 0 spiro atoms. The first-order valence-electron chi connectivity index (χ1n) is 8.82. The topological polar surface area (TPSA) is 28.1 Å². The van der Waals surface area contributed by atoms with Gasteiger partial charge in [0, 0.05) is 11.9 Å². The van der Waals surface area contributed by atoms with Crippen LogP contribution in [0.1, 0.15) is 68.0 Å². The smallest absolute Gasteiger partial charge is 0.0617 e. The molecule has 4 aliphatic rings. The first-order chi connectivity index (χ1) is 10.1. The van der Waals surface area contributed by atoms with Gasteiger partial charge in [0.2, 0.25) is 0 Å². The van der Waals surface area contributed by atoms with E-state index in [0.29, 0.717) is 5.54 Å². The van der Waals surface area contributed by atoms with E-state index < -0.39 is 0 Å². The van der Waals surface area contributed by atoms with Gasteiger partial charge in [-0.3, -0.25) is 4.99 Å². The SMILES string of the molecule is CCc1c(C)[nH]c(C=NC23CC4CC(CC(C4)C2)C3)c1C.Cl. The molecule has 122 valence electrons. The van der Waals surface area contributed by atoms with Crippen LogP contribution in [0, 0.1) is 31.6 Å². The largest absolute Gasteiger partial charge is 0.357 e. The summed E-state index contributed by atoms with van der Waals surface area (Å²) in [6.07, 6.45) is 11.8. The third-order valence-electron chi connectivity index (χ3n) is 6.46. The summed E-state index contributed by atoms with van der Waals surface area (Å²) in [6, 6.07) is 0. The maximum absolute atomic E-state index is 5.18. The molecule has 0 unspecified atom stereocenters. The summed E-state index contributed by atoms with van der Waals surface area (Å²) in [5.74, 6) is 2.93. The summed E-state index contributed by atoms with van der Waals surface area (Å²) in [5, 5.41) is 0. The molecule has 2 nitrogen and oxygen atoms in total. The minimum absolute atomic E-state index is 0. The van der Waals surface area contributed by atoms with E-state index in [1.54, 1.807) is 0 Å². The highest BCUT2D eigenvalue weighted by Crippen LogP contribution is 2.57. The average Bonchev–Trinajstić information content (AvgIpc) is 2.69. The van der Waals surface area contributed by atoms with Gasteiger partial charge in [0.1, 0.15) is 0 Å². The lowest BCUT2D eigenvalue weighted by Gasteiger charge is -2.54. The third-order valence-corrected chi connectivity index (χ3v) is 6.46. The number of rotatable bonds is 3. The predicted octanol–water partition coefficient (Wildman–Crippen LogP) is 5.00. The number of hydrogen-bond acceptors (Lipinski definition) is 1. The van der Waals surface area contributed by atoms with Crippen LogP contribution >= 0.6 is 12.4 Å². The maximum atomic E-state index is 5.18. The normalized spacial score (nSPS) is 36.0. The van der Waals surface area contributed by atoms with Crippen molar-refractivity contribution >= 4 is 18.6 Å². The Kier molecular flexibility index (Phi) is 4.18. The Labute approximate surface area is 140 Å². The summed E-state index contributed by atoms with van der Waals surface area (Å²) in [4.78, 5) is 8.73. The van der Waals surface area contributed by atoms with Gasteiger partial charge in [-0.15, -0.1) is 12.4 Å². The number of H-pyrrole nitrogens is 1. The first-order valence-corrected chi connectivity index (χ1v) is 8.82. The molecule has 0 aliphatic heterocycles. The fourth-order valence-electron chi connectivity index (χ4n) is 5.90. The molecule has 1 N–H and O–H groups in total. The van der Waals surface area contributed by atoms with E-state index in [0.717, 1.165) is 24.2 Å². The molecule has 1 aromatic rings. The van der Waals surface area contributed by atoms with E-state index in [1.165, 1.54) is 61.0 Å². The minimum Gasteiger partial charge on any atom is -0.357 e. The third kappa shape index (κ3) is 2.54. The van der Waals surface area contributed by atoms with E-state index in [1.807, 2.05) is 0 Å². The lowest BCUT2D eigenvalue weighted by molar-refractivity contribution is 0.00194. The molecule has 1 heterocycles. The second-order valence-electron chi connectivity index (χ2n) is 8.02. The number of aromatic nitrogens is 1. The fourth-order valence-corrected chi connectivity index (χ4v) is 5.90. The Balaban J connectivity index is 0.00000144. The van der Waals surface area contributed by atoms with Crippen LogP contribution in [0.4, 0.5) is 0 Å². The zero-order valence-corrected chi connectivity index (χ0v) is 14.9. The fraction of sp³-hybridized carbons (Fsp3) is 0.737. The second kappa shape index (κ2) is 5.70. The lowest BCUT2D eigenvalue weighted by atomic mass is 9.53. The molecule has 1 aromatic heterocycles. The molecule has 0 radical (unpaired) electrons. The average molecular weight is 321 g/mol. The van der Waals surface area contributed by atoms with Crippen molar-refractivity contribution < 1.29 is 0 Å². The van der Waals surface area contributed by atoms with Crippen molar-refractivity contribution in [3.05, 3.63) is 22.5 Å². The van der Waals surface area contributed by atoms with Crippen LogP contribution in [0.25, 0.3) is 0 Å². The molecular formula is C19H29ClN2. The van der Waals surface area contributed by atoms with Crippen molar-refractivity contribution in [2.75, 3.05) is 0 Å². The molecule has 0 atom stereocenters. The van der Waals surface area contributed by atoms with E-state index in [-0.39, 0.29) is 12.4 Å². The molecule has 3 heteroatoms. The zero-order chi connectivity index (χ0) is 14.6. The van der Waals surface area contributed by atoms with Crippen molar-refractivity contribution in [2.24, 2.45) is 22.7 Å². The van der Waals surface area contributed by atoms with Crippen LogP contribution in [0.15, 0.2) is 4.99 Å². The van der Waals surface area contributed by atoms with Gasteiger partial charge in [0.05, 0.1) is 11.2 Å². The molecule has 4 fully saturated rings. The molecule has 5 rings (SSSR count). The van der Waals surface area contributed by atoms with E-state index >= 15 is 0 Å². The van der Waals surface area contributed by atoms with Crippen molar-refractivity contribution in [1.82, 2.24) is 4.98 Å². The Morgan fingerprint density at radius 2 is 1.64 bits per heavy atom. The van der Waals surface area contributed by atoms with Gasteiger partial charge in [0.25, 0.3) is 0 Å². The van der Waals surface area contributed by atoms with Crippen LogP contribution < -0.4 is 0 Å². The standard InChI is InChI=1S/C19H28N2.ClH/c1-4-17-12(2)18(21-13(17)3)11-20-19-8-14-5-15(9-19)7-16(6-14)10-19;/h11,14-16,21H,4-10H2,1-3H3;1H. The second-order valence-corrected chi connectivity index (χ2v) is 8.02. The number of nitrogens with zero attached hydrogens (tertiary/aromatic N) is 1. The van der Waals surface area contributed by atoms with Crippen LogP contribution in [0.3, 0.4) is 0 Å². The number of aryl methyl sites for hydroxylation is 1. The van der Waals surface area contributed by atoms with Gasteiger partial charge in [-0.25, -0.2) is 0 Å². The number of hydrogen-bond donors (Lipinski definition) is 1. The maximum Gasteiger partial charge on any atom is 0.0617 e. The van der Waals surface area contributed by atoms with Crippen LogP contribution in [0.2, 0.25) is 0 Å². The van der Waals surface area contributed by atoms with E-state index in [2.05, 4.69) is 32.0 Å². The Morgan fingerprint density at radius 3 is 2.09 bits per heavy atom. The summed E-state index contributed by atoms with van der Waals surface area (Å²) in [5.41, 5.74) is 5.75.